The maximum absolute atomic E-state index is 6.70. The number of aromatic nitrogens is 5. The highest BCUT2D eigenvalue weighted by Crippen LogP contribution is 2.43. The molecule has 0 aliphatic rings. The third-order valence-corrected chi connectivity index (χ3v) is 12.9. The van der Waals surface area contributed by atoms with Crippen LogP contribution in [0.2, 0.25) is 0 Å². The molecule has 0 atom stereocenters. The van der Waals surface area contributed by atoms with Crippen LogP contribution in [0.4, 0.5) is 0 Å². The predicted octanol–water partition coefficient (Wildman–Crippen LogP) is 15.9. The number of rotatable bonds is 8. The normalized spacial score (nSPS) is 11.5. The highest BCUT2D eigenvalue weighted by molar-refractivity contribution is 6.17. The number of fused-ring (bicyclic) bond motifs is 6. The summed E-state index contributed by atoms with van der Waals surface area (Å²) in [5.41, 5.74) is 15.6. The van der Waals surface area contributed by atoms with Crippen molar-refractivity contribution in [2.75, 3.05) is 0 Å². The van der Waals surface area contributed by atoms with Crippen LogP contribution in [0.15, 0.2) is 241 Å². The van der Waals surface area contributed by atoms with Crippen LogP contribution in [0.25, 0.3) is 128 Å². The topological polar surface area (TPSA) is 69.6 Å². The summed E-state index contributed by atoms with van der Waals surface area (Å²) >= 11 is 0. The van der Waals surface area contributed by atoms with E-state index in [1.807, 2.05) is 66.9 Å². The van der Waals surface area contributed by atoms with Crippen molar-refractivity contribution in [3.05, 3.63) is 237 Å². The Morgan fingerprint density at radius 2 is 0.868 bits per heavy atom. The van der Waals surface area contributed by atoms with Gasteiger partial charge < -0.3 is 8.98 Å². The summed E-state index contributed by atoms with van der Waals surface area (Å²) in [4.78, 5) is 21.0. The molecule has 0 saturated carbocycles. The zero-order valence-electron chi connectivity index (χ0n) is 36.7. The van der Waals surface area contributed by atoms with Gasteiger partial charge in [-0.15, -0.1) is 0 Å². The van der Waals surface area contributed by atoms with Gasteiger partial charge in [0.25, 0.3) is 0 Å². The fourth-order valence-corrected chi connectivity index (χ4v) is 9.65. The van der Waals surface area contributed by atoms with Gasteiger partial charge in [0.15, 0.2) is 17.5 Å². The summed E-state index contributed by atoms with van der Waals surface area (Å²) < 4.78 is 9.02. The summed E-state index contributed by atoms with van der Waals surface area (Å²) in [6, 6.07) is 80.1. The molecule has 0 aliphatic heterocycles. The molecule has 13 rings (SSSR count). The molecule has 0 saturated heterocycles. The Bertz CT molecular complexity index is 3940. The fraction of sp³-hybridized carbons (Fsp3) is 0. The van der Waals surface area contributed by atoms with Crippen molar-refractivity contribution in [1.29, 1.82) is 0 Å². The number of para-hydroxylation sites is 2. The highest BCUT2D eigenvalue weighted by atomic mass is 16.3. The minimum atomic E-state index is 0.523. The summed E-state index contributed by atoms with van der Waals surface area (Å²) in [7, 11) is 0. The van der Waals surface area contributed by atoms with Gasteiger partial charge in [0, 0.05) is 67.3 Å². The molecular weight excluding hydrogens is 831 g/mol. The van der Waals surface area contributed by atoms with E-state index in [2.05, 4.69) is 174 Å². The number of furan rings is 1. The maximum atomic E-state index is 6.70. The summed E-state index contributed by atoms with van der Waals surface area (Å²) in [6.07, 6.45) is 1.99. The Hall–Kier alpha value is -9.26. The Labute approximate surface area is 392 Å². The van der Waals surface area contributed by atoms with Crippen molar-refractivity contribution in [2.45, 2.75) is 0 Å². The van der Waals surface area contributed by atoms with Crippen LogP contribution in [0.1, 0.15) is 0 Å². The van der Waals surface area contributed by atoms with Gasteiger partial charge in [-0.2, -0.15) is 0 Å². The van der Waals surface area contributed by atoms with E-state index in [0.717, 1.165) is 105 Å². The van der Waals surface area contributed by atoms with E-state index < -0.39 is 0 Å². The van der Waals surface area contributed by atoms with Crippen molar-refractivity contribution >= 4 is 43.7 Å². The lowest BCUT2D eigenvalue weighted by atomic mass is 9.90. The van der Waals surface area contributed by atoms with Crippen molar-refractivity contribution in [1.82, 2.24) is 24.5 Å². The molecule has 9 aromatic carbocycles. The molecule has 0 aliphatic carbocycles. The second kappa shape index (κ2) is 16.3. The number of pyridine rings is 1. The van der Waals surface area contributed by atoms with E-state index >= 15 is 0 Å². The standard InChI is InChI=1S/C62H39N5O/c1-6-18-40(19-7-1)44-30-32-48(41-20-8-2-9-21-41)50(34-44)46-36-54(62-65-60(42-22-10-3-11-23-42)64-61(66-62)43-24-12-4-13-25-43)59(63-39-46)45-31-33-57-52(35-45)53-37-51-49-28-16-17-29-55(49)67(47-26-14-5-15-27-47)56(51)38-58(53)68-57/h1-39H. The largest absolute Gasteiger partial charge is 0.456 e. The minimum absolute atomic E-state index is 0.523. The van der Waals surface area contributed by atoms with E-state index in [9.17, 15) is 0 Å². The molecule has 318 valence electrons. The first-order valence-corrected chi connectivity index (χ1v) is 22.8. The van der Waals surface area contributed by atoms with Gasteiger partial charge in [-0.05, 0) is 82.4 Å². The average molecular weight is 870 g/mol. The third kappa shape index (κ3) is 6.82. The quantitative estimate of drug-likeness (QED) is 0.152. The summed E-state index contributed by atoms with van der Waals surface area (Å²) in [6.45, 7) is 0. The second-order valence-electron chi connectivity index (χ2n) is 17.0. The first-order chi connectivity index (χ1) is 33.7. The molecule has 0 N–H and O–H groups in total. The molecule has 0 fully saturated rings. The van der Waals surface area contributed by atoms with Crippen LogP contribution in [0.3, 0.4) is 0 Å². The zero-order chi connectivity index (χ0) is 45.0. The molecule has 4 aromatic heterocycles. The Morgan fingerprint density at radius 3 is 1.56 bits per heavy atom. The number of nitrogens with zero attached hydrogens (tertiary/aromatic N) is 5. The smallest absolute Gasteiger partial charge is 0.166 e. The van der Waals surface area contributed by atoms with Crippen LogP contribution in [0, 0.1) is 0 Å². The van der Waals surface area contributed by atoms with Gasteiger partial charge in [0.1, 0.15) is 11.2 Å². The van der Waals surface area contributed by atoms with Crippen LogP contribution < -0.4 is 0 Å². The van der Waals surface area contributed by atoms with Gasteiger partial charge in [-0.25, -0.2) is 15.0 Å². The van der Waals surface area contributed by atoms with Crippen molar-refractivity contribution < 1.29 is 4.42 Å². The van der Waals surface area contributed by atoms with Crippen LogP contribution in [-0.2, 0) is 0 Å². The van der Waals surface area contributed by atoms with E-state index in [1.165, 1.54) is 5.39 Å². The Kier molecular flexibility index (Phi) is 9.39. The van der Waals surface area contributed by atoms with Crippen LogP contribution >= 0.6 is 0 Å². The third-order valence-electron chi connectivity index (χ3n) is 12.9. The van der Waals surface area contributed by atoms with Gasteiger partial charge in [0.2, 0.25) is 0 Å². The molecule has 0 unspecified atom stereocenters. The van der Waals surface area contributed by atoms with Crippen LogP contribution in [0.5, 0.6) is 0 Å². The van der Waals surface area contributed by atoms with Crippen molar-refractivity contribution in [3.8, 4) is 84.5 Å². The van der Waals surface area contributed by atoms with Crippen molar-refractivity contribution in [2.24, 2.45) is 0 Å². The molecule has 6 nitrogen and oxygen atoms in total. The molecular formula is C62H39N5O. The summed E-state index contributed by atoms with van der Waals surface area (Å²) in [5.74, 6) is 1.68. The van der Waals surface area contributed by atoms with Crippen molar-refractivity contribution in [3.63, 3.8) is 0 Å². The molecule has 68 heavy (non-hydrogen) atoms. The molecule has 0 radical (unpaired) electrons. The van der Waals surface area contributed by atoms with E-state index in [0.29, 0.717) is 17.5 Å². The second-order valence-corrected chi connectivity index (χ2v) is 17.0. The number of hydrogen-bond donors (Lipinski definition) is 0. The SMILES string of the molecule is c1ccc(-c2ccc(-c3ccccc3)c(-c3cnc(-c4ccc5oc6cc7c(cc6c5c4)c4ccccc4n7-c4ccccc4)c(-c4nc(-c5ccccc5)nc(-c5ccccc5)n4)c3)c2)cc1. The minimum Gasteiger partial charge on any atom is -0.456 e. The number of benzene rings is 9. The summed E-state index contributed by atoms with van der Waals surface area (Å²) in [5, 5.41) is 4.38. The highest BCUT2D eigenvalue weighted by Gasteiger charge is 2.22. The lowest BCUT2D eigenvalue weighted by Gasteiger charge is -2.16. The van der Waals surface area contributed by atoms with E-state index in [-0.39, 0.29) is 0 Å². The van der Waals surface area contributed by atoms with Gasteiger partial charge in [-0.3, -0.25) is 4.98 Å². The van der Waals surface area contributed by atoms with Gasteiger partial charge in [0.05, 0.1) is 16.7 Å². The molecule has 4 heterocycles. The van der Waals surface area contributed by atoms with Crippen LogP contribution in [-0.4, -0.2) is 24.5 Å². The fourth-order valence-electron chi connectivity index (χ4n) is 9.65. The lowest BCUT2D eigenvalue weighted by Crippen LogP contribution is -2.02. The Morgan fingerprint density at radius 1 is 0.309 bits per heavy atom. The first-order valence-electron chi connectivity index (χ1n) is 22.8. The molecule has 0 bridgehead atoms. The molecule has 6 heteroatoms. The number of hydrogen-bond acceptors (Lipinski definition) is 5. The monoisotopic (exact) mass is 869 g/mol. The lowest BCUT2D eigenvalue weighted by molar-refractivity contribution is 0.669. The first kappa shape index (κ1) is 39.1. The molecule has 0 amide bonds. The molecule has 0 spiro atoms. The van der Waals surface area contributed by atoms with E-state index in [1.54, 1.807) is 0 Å². The van der Waals surface area contributed by atoms with E-state index in [4.69, 9.17) is 24.4 Å². The Balaban J connectivity index is 1.05. The predicted molar refractivity (Wildman–Crippen MR) is 277 cm³/mol. The zero-order valence-corrected chi connectivity index (χ0v) is 36.7. The van der Waals surface area contributed by atoms with Gasteiger partial charge >= 0.3 is 0 Å². The average Bonchev–Trinajstić information content (AvgIpc) is 3.95. The van der Waals surface area contributed by atoms with Gasteiger partial charge in [-0.1, -0.05) is 170 Å². The maximum Gasteiger partial charge on any atom is 0.166 e. The molecule has 13 aromatic rings.